The molecule has 1 aliphatic carbocycles. The number of nitrogen functional groups attached to an aromatic ring is 1. The average molecular weight is 292 g/mol. The molecule has 114 valence electrons. The van der Waals surface area contributed by atoms with Gasteiger partial charge in [0.25, 0.3) is 0 Å². The quantitative estimate of drug-likeness (QED) is 0.871. The highest BCUT2D eigenvalue weighted by atomic mass is 15.2. The summed E-state index contributed by atoms with van der Waals surface area (Å²) in [5, 5.41) is 0. The summed E-state index contributed by atoms with van der Waals surface area (Å²) in [6.07, 6.45) is 1.23. The average Bonchev–Trinajstić information content (AvgIpc) is 2.92. The second kappa shape index (κ2) is 5.13. The van der Waals surface area contributed by atoms with E-state index in [0.717, 1.165) is 24.1 Å². The molecule has 2 aromatic carbocycles. The van der Waals surface area contributed by atoms with Crippen molar-refractivity contribution in [2.24, 2.45) is 11.8 Å². The van der Waals surface area contributed by atoms with Crippen molar-refractivity contribution in [1.82, 2.24) is 4.90 Å². The van der Waals surface area contributed by atoms with Crippen molar-refractivity contribution in [3.05, 3.63) is 65.7 Å². The van der Waals surface area contributed by atoms with Gasteiger partial charge in [-0.15, -0.1) is 0 Å². The molecule has 0 aromatic heterocycles. The van der Waals surface area contributed by atoms with Crippen LogP contribution in [0.2, 0.25) is 0 Å². The Morgan fingerprint density at radius 2 is 1.77 bits per heavy atom. The first kappa shape index (κ1) is 13.8. The van der Waals surface area contributed by atoms with Gasteiger partial charge in [-0.1, -0.05) is 49.4 Å². The highest BCUT2D eigenvalue weighted by molar-refractivity contribution is 5.48. The first-order valence-corrected chi connectivity index (χ1v) is 8.36. The molecule has 2 nitrogen and oxygen atoms in total. The van der Waals surface area contributed by atoms with Crippen molar-refractivity contribution in [2.75, 3.05) is 18.8 Å². The van der Waals surface area contributed by atoms with Gasteiger partial charge < -0.3 is 5.73 Å². The molecule has 2 unspecified atom stereocenters. The number of nitrogens with zero attached hydrogens (tertiary/aromatic N) is 1. The summed E-state index contributed by atoms with van der Waals surface area (Å²) in [6, 6.07) is 19.4. The number of hydrogen-bond donors (Lipinski definition) is 1. The smallest absolute Gasteiger partial charge is 0.0316 e. The molecule has 0 spiro atoms. The van der Waals surface area contributed by atoms with E-state index in [4.69, 9.17) is 5.73 Å². The normalized spacial score (nSPS) is 30.2. The van der Waals surface area contributed by atoms with Crippen LogP contribution in [-0.2, 0) is 12.0 Å². The highest BCUT2D eigenvalue weighted by Crippen LogP contribution is 2.65. The molecule has 2 heteroatoms. The molecule has 0 bridgehead atoms. The monoisotopic (exact) mass is 292 g/mol. The van der Waals surface area contributed by atoms with E-state index < -0.39 is 0 Å². The third kappa shape index (κ3) is 2.05. The summed E-state index contributed by atoms with van der Waals surface area (Å²) in [5.74, 6) is 1.62. The van der Waals surface area contributed by atoms with E-state index in [1.807, 2.05) is 6.07 Å². The fourth-order valence-electron chi connectivity index (χ4n) is 4.77. The van der Waals surface area contributed by atoms with Crippen LogP contribution in [0.5, 0.6) is 0 Å². The van der Waals surface area contributed by atoms with Gasteiger partial charge >= 0.3 is 0 Å². The molecule has 2 N–H and O–H groups in total. The predicted molar refractivity (Wildman–Crippen MR) is 91.5 cm³/mol. The first-order chi connectivity index (χ1) is 10.7. The van der Waals surface area contributed by atoms with Crippen molar-refractivity contribution >= 4 is 5.69 Å². The van der Waals surface area contributed by atoms with Crippen molar-refractivity contribution in [3.63, 3.8) is 0 Å². The molecule has 1 saturated carbocycles. The Bertz CT molecular complexity index is 652. The molecule has 1 saturated heterocycles. The summed E-state index contributed by atoms with van der Waals surface area (Å²) in [6.45, 7) is 5.87. The lowest BCUT2D eigenvalue weighted by atomic mass is 9.87. The zero-order chi connectivity index (χ0) is 15.2. The van der Waals surface area contributed by atoms with Crippen molar-refractivity contribution in [1.29, 1.82) is 0 Å². The van der Waals surface area contributed by atoms with E-state index >= 15 is 0 Å². The Kier molecular flexibility index (Phi) is 3.23. The van der Waals surface area contributed by atoms with E-state index in [-0.39, 0.29) is 0 Å². The second-order valence-corrected chi connectivity index (χ2v) is 6.91. The number of hydrogen-bond acceptors (Lipinski definition) is 2. The molecule has 1 heterocycles. The zero-order valence-electron chi connectivity index (χ0n) is 13.2. The van der Waals surface area contributed by atoms with Crippen LogP contribution in [0.3, 0.4) is 0 Å². The zero-order valence-corrected chi connectivity index (χ0v) is 13.2. The van der Waals surface area contributed by atoms with Crippen LogP contribution in [0.15, 0.2) is 54.6 Å². The molecule has 0 amide bonds. The van der Waals surface area contributed by atoms with Gasteiger partial charge in [0.1, 0.15) is 0 Å². The maximum atomic E-state index is 6.01. The Balaban J connectivity index is 1.49. The summed E-state index contributed by atoms with van der Waals surface area (Å²) >= 11 is 0. The molecule has 2 aromatic rings. The Hall–Kier alpha value is -1.80. The van der Waals surface area contributed by atoms with Crippen LogP contribution in [-0.4, -0.2) is 18.0 Å². The maximum Gasteiger partial charge on any atom is 0.0316 e. The van der Waals surface area contributed by atoms with Crippen molar-refractivity contribution < 1.29 is 0 Å². The largest absolute Gasteiger partial charge is 0.399 e. The lowest BCUT2D eigenvalue weighted by Crippen LogP contribution is -2.29. The molecule has 2 atom stereocenters. The molecule has 1 aliphatic heterocycles. The molecule has 2 fully saturated rings. The first-order valence-electron chi connectivity index (χ1n) is 8.36. The summed E-state index contributed by atoms with van der Waals surface area (Å²) in [4.78, 5) is 2.62. The van der Waals surface area contributed by atoms with Gasteiger partial charge in [-0.3, -0.25) is 4.90 Å². The van der Waals surface area contributed by atoms with E-state index in [1.165, 1.54) is 30.6 Å². The number of piperidine rings is 1. The molecular weight excluding hydrogens is 268 g/mol. The molecular formula is C20H24N2. The van der Waals surface area contributed by atoms with Crippen molar-refractivity contribution in [3.8, 4) is 0 Å². The van der Waals surface area contributed by atoms with Crippen LogP contribution in [0.25, 0.3) is 0 Å². The predicted octanol–water partition coefficient (Wildman–Crippen LogP) is 3.68. The Morgan fingerprint density at radius 3 is 2.41 bits per heavy atom. The van der Waals surface area contributed by atoms with Crippen LogP contribution >= 0.6 is 0 Å². The van der Waals surface area contributed by atoms with Gasteiger partial charge in [-0.2, -0.15) is 0 Å². The summed E-state index contributed by atoms with van der Waals surface area (Å²) in [7, 11) is 0. The summed E-state index contributed by atoms with van der Waals surface area (Å²) in [5.41, 5.74) is 10.2. The lowest BCUT2D eigenvalue weighted by Gasteiger charge is -2.26. The van der Waals surface area contributed by atoms with Crippen LogP contribution in [0.4, 0.5) is 5.69 Å². The maximum absolute atomic E-state index is 6.01. The number of anilines is 1. The second-order valence-electron chi connectivity index (χ2n) is 6.91. The highest BCUT2D eigenvalue weighted by Gasteiger charge is 2.67. The molecule has 2 aliphatic rings. The fraction of sp³-hybridized carbons (Fsp3) is 0.400. The van der Waals surface area contributed by atoms with E-state index in [0.29, 0.717) is 5.41 Å². The Labute approximate surface area is 132 Å². The van der Waals surface area contributed by atoms with Gasteiger partial charge in [-0.05, 0) is 41.5 Å². The van der Waals surface area contributed by atoms with E-state index in [1.54, 1.807) is 0 Å². The van der Waals surface area contributed by atoms with Crippen molar-refractivity contribution in [2.45, 2.75) is 25.3 Å². The van der Waals surface area contributed by atoms with Crippen LogP contribution in [0, 0.1) is 11.8 Å². The summed E-state index contributed by atoms with van der Waals surface area (Å²) < 4.78 is 0. The van der Waals surface area contributed by atoms with Crippen LogP contribution < -0.4 is 5.73 Å². The van der Waals surface area contributed by atoms with Gasteiger partial charge in [0, 0.05) is 30.7 Å². The standard InChI is InChI=1S/C20H24N2/c1-2-20(16-9-6-10-17(21)11-16)18-13-22(14-19(18)20)12-15-7-4-3-5-8-15/h3-11,18-19H,2,12-14,21H2,1H3. The number of rotatable bonds is 4. The lowest BCUT2D eigenvalue weighted by molar-refractivity contribution is 0.262. The minimum atomic E-state index is 0.391. The molecule has 22 heavy (non-hydrogen) atoms. The van der Waals surface area contributed by atoms with Gasteiger partial charge in [0.05, 0.1) is 0 Å². The number of benzene rings is 2. The van der Waals surface area contributed by atoms with Gasteiger partial charge in [0.15, 0.2) is 0 Å². The fourth-order valence-corrected chi connectivity index (χ4v) is 4.77. The number of nitrogens with two attached hydrogens (primary N) is 1. The Morgan fingerprint density at radius 1 is 1.05 bits per heavy atom. The van der Waals surface area contributed by atoms with Crippen LogP contribution in [0.1, 0.15) is 24.5 Å². The van der Waals surface area contributed by atoms with E-state index in [9.17, 15) is 0 Å². The third-order valence-corrected chi connectivity index (χ3v) is 5.87. The minimum absolute atomic E-state index is 0.391. The van der Waals surface area contributed by atoms with Gasteiger partial charge in [-0.25, -0.2) is 0 Å². The number of likely N-dealkylation sites (tertiary alicyclic amines) is 1. The molecule has 0 radical (unpaired) electrons. The minimum Gasteiger partial charge on any atom is -0.399 e. The van der Waals surface area contributed by atoms with E-state index in [2.05, 4.69) is 60.4 Å². The third-order valence-electron chi connectivity index (χ3n) is 5.87. The number of fused-ring (bicyclic) bond motifs is 1. The topological polar surface area (TPSA) is 29.3 Å². The molecule has 4 rings (SSSR count). The SMILES string of the molecule is CCC1(c2cccc(N)c2)C2CN(Cc3ccccc3)CC21. The van der Waals surface area contributed by atoms with Gasteiger partial charge in [0.2, 0.25) is 0 Å².